The maximum atomic E-state index is 6.03. The third kappa shape index (κ3) is 8.30. The molecule has 0 heterocycles. The Balaban J connectivity index is 0.00000392. The minimum atomic E-state index is 0. The van der Waals surface area contributed by atoms with Gasteiger partial charge in [-0.1, -0.05) is 50.6 Å². The lowest BCUT2D eigenvalue weighted by atomic mass is 9.82. The van der Waals surface area contributed by atoms with Gasteiger partial charge in [0.1, 0.15) is 6.61 Å². The van der Waals surface area contributed by atoms with Gasteiger partial charge in [0.05, 0.1) is 7.11 Å². The normalized spacial score (nSPS) is 11.7. The predicted molar refractivity (Wildman–Crippen MR) is 121 cm³/mol. The van der Waals surface area contributed by atoms with E-state index in [1.165, 1.54) is 5.56 Å². The van der Waals surface area contributed by atoms with Crippen LogP contribution in [0.4, 0.5) is 0 Å². The van der Waals surface area contributed by atoms with Gasteiger partial charge in [0, 0.05) is 17.1 Å². The van der Waals surface area contributed by atoms with Crippen LogP contribution in [-0.4, -0.2) is 12.6 Å². The summed E-state index contributed by atoms with van der Waals surface area (Å²) in [6, 6.07) is 13.8. The molecule has 0 bridgehead atoms. The highest BCUT2D eigenvalue weighted by Crippen LogP contribution is 2.30. The number of methoxy groups -OCH3 is 1. The van der Waals surface area contributed by atoms with Gasteiger partial charge in [-0.2, -0.15) is 0 Å². The Hall–Kier alpha value is -1.42. The molecule has 0 unspecified atom stereocenters. The zero-order valence-corrected chi connectivity index (χ0v) is 19.3. The van der Waals surface area contributed by atoms with Gasteiger partial charge in [-0.3, -0.25) is 0 Å². The van der Waals surface area contributed by atoms with Gasteiger partial charge in [0.25, 0.3) is 0 Å². The van der Waals surface area contributed by atoms with E-state index in [4.69, 9.17) is 21.1 Å². The maximum absolute atomic E-state index is 6.03. The van der Waals surface area contributed by atoms with Crippen molar-refractivity contribution in [1.82, 2.24) is 5.32 Å². The molecule has 0 aliphatic rings. The van der Waals surface area contributed by atoms with Gasteiger partial charge in [0.15, 0.2) is 11.5 Å². The molecule has 0 aliphatic carbocycles. The van der Waals surface area contributed by atoms with Crippen LogP contribution in [0.25, 0.3) is 0 Å². The first-order valence-electron chi connectivity index (χ1n) is 9.37. The first-order chi connectivity index (χ1) is 12.6. The summed E-state index contributed by atoms with van der Waals surface area (Å²) >= 11 is 6.03. The van der Waals surface area contributed by atoms with Crippen molar-refractivity contribution in [3.63, 3.8) is 0 Å². The Bertz CT molecular complexity index is 755. The molecule has 0 atom stereocenters. The lowest BCUT2D eigenvalue weighted by Gasteiger charge is -2.33. The van der Waals surface area contributed by atoms with Crippen LogP contribution in [0.3, 0.4) is 0 Å². The largest absolute Gasteiger partial charge is 0.493 e. The predicted octanol–water partition coefficient (Wildman–Crippen LogP) is 6.65. The number of halogens is 2. The zero-order valence-electron chi connectivity index (χ0n) is 17.8. The second-order valence-electron chi connectivity index (χ2n) is 8.88. The Morgan fingerprint density at radius 2 is 1.64 bits per heavy atom. The topological polar surface area (TPSA) is 30.5 Å². The quantitative estimate of drug-likeness (QED) is 0.512. The second kappa shape index (κ2) is 10.4. The van der Waals surface area contributed by atoms with Crippen LogP contribution in [-0.2, 0) is 13.2 Å². The average Bonchev–Trinajstić information content (AvgIpc) is 2.56. The lowest BCUT2D eigenvalue weighted by molar-refractivity contribution is 0.240. The molecule has 0 spiro atoms. The highest BCUT2D eigenvalue weighted by Gasteiger charge is 2.24. The van der Waals surface area contributed by atoms with Crippen molar-refractivity contribution in [2.45, 2.75) is 59.7 Å². The molecular formula is C23H33Cl2NO2. The highest BCUT2D eigenvalue weighted by molar-refractivity contribution is 6.30. The fraction of sp³-hybridized carbons (Fsp3) is 0.478. The van der Waals surface area contributed by atoms with Crippen molar-refractivity contribution in [3.05, 3.63) is 58.6 Å². The summed E-state index contributed by atoms with van der Waals surface area (Å²) in [5.41, 5.74) is 2.54. The van der Waals surface area contributed by atoms with Crippen LogP contribution in [0.5, 0.6) is 11.5 Å². The summed E-state index contributed by atoms with van der Waals surface area (Å²) in [4.78, 5) is 0. The molecule has 5 heteroatoms. The van der Waals surface area contributed by atoms with Crippen molar-refractivity contribution >= 4 is 24.0 Å². The minimum Gasteiger partial charge on any atom is -0.493 e. The van der Waals surface area contributed by atoms with E-state index in [1.54, 1.807) is 7.11 Å². The van der Waals surface area contributed by atoms with Crippen molar-refractivity contribution in [2.24, 2.45) is 5.41 Å². The van der Waals surface area contributed by atoms with Crippen molar-refractivity contribution in [2.75, 3.05) is 7.11 Å². The molecule has 2 aromatic rings. The molecular weight excluding hydrogens is 393 g/mol. The summed E-state index contributed by atoms with van der Waals surface area (Å²) in [6.07, 6.45) is 1.10. The van der Waals surface area contributed by atoms with Gasteiger partial charge in [-0.05, 0) is 61.1 Å². The van der Waals surface area contributed by atoms with Gasteiger partial charge in [-0.25, -0.2) is 0 Å². The summed E-state index contributed by atoms with van der Waals surface area (Å²) in [6.45, 7) is 12.5. The van der Waals surface area contributed by atoms with Crippen LogP contribution in [0.1, 0.15) is 52.2 Å². The van der Waals surface area contributed by atoms with Gasteiger partial charge in [-0.15, -0.1) is 12.4 Å². The first kappa shape index (κ1) is 24.6. The summed E-state index contributed by atoms with van der Waals surface area (Å²) in [7, 11) is 1.67. The fourth-order valence-electron chi connectivity index (χ4n) is 3.46. The molecule has 28 heavy (non-hydrogen) atoms. The molecule has 0 saturated heterocycles. The lowest BCUT2D eigenvalue weighted by Crippen LogP contribution is -2.41. The van der Waals surface area contributed by atoms with Crippen LogP contribution in [0, 0.1) is 5.41 Å². The standard InChI is InChI=1S/C23H32ClNO2.ClH/c1-22(2,3)16-23(4,5)25-14-17-10-11-20(21(13-17)26-6)27-15-18-8-7-9-19(24)12-18;/h7-13,25H,14-16H2,1-6H3;1H. The van der Waals surface area contributed by atoms with E-state index in [1.807, 2.05) is 36.4 Å². The third-order valence-electron chi connectivity index (χ3n) is 4.25. The molecule has 2 rings (SSSR count). The molecule has 0 amide bonds. The molecule has 0 aliphatic heterocycles. The number of hydrogen-bond donors (Lipinski definition) is 1. The summed E-state index contributed by atoms with van der Waals surface area (Å²) in [5.74, 6) is 1.47. The van der Waals surface area contributed by atoms with E-state index in [0.717, 1.165) is 30.0 Å². The number of ether oxygens (including phenoxy) is 2. The number of nitrogens with one attached hydrogen (secondary N) is 1. The summed E-state index contributed by atoms with van der Waals surface area (Å²) in [5, 5.41) is 4.37. The molecule has 1 N–H and O–H groups in total. The van der Waals surface area contributed by atoms with E-state index in [2.05, 4.69) is 46.0 Å². The van der Waals surface area contributed by atoms with Crippen LogP contribution in [0.2, 0.25) is 5.02 Å². The van der Waals surface area contributed by atoms with Crippen LogP contribution < -0.4 is 14.8 Å². The third-order valence-corrected chi connectivity index (χ3v) is 4.49. The monoisotopic (exact) mass is 425 g/mol. The van der Waals surface area contributed by atoms with E-state index in [9.17, 15) is 0 Å². The second-order valence-corrected chi connectivity index (χ2v) is 9.32. The Morgan fingerprint density at radius 3 is 2.25 bits per heavy atom. The number of hydrogen-bond acceptors (Lipinski definition) is 3. The smallest absolute Gasteiger partial charge is 0.161 e. The van der Waals surface area contributed by atoms with Crippen molar-refractivity contribution < 1.29 is 9.47 Å². The van der Waals surface area contributed by atoms with Gasteiger partial charge < -0.3 is 14.8 Å². The SMILES string of the molecule is COc1cc(CNC(C)(C)CC(C)(C)C)ccc1OCc1cccc(Cl)c1.Cl. The van der Waals surface area contributed by atoms with E-state index < -0.39 is 0 Å². The average molecular weight is 426 g/mol. The van der Waals surface area contributed by atoms with E-state index in [0.29, 0.717) is 11.6 Å². The maximum Gasteiger partial charge on any atom is 0.161 e. The Kier molecular flexibility index (Phi) is 9.13. The molecule has 3 nitrogen and oxygen atoms in total. The number of rotatable bonds is 8. The molecule has 156 valence electrons. The first-order valence-corrected chi connectivity index (χ1v) is 9.75. The minimum absolute atomic E-state index is 0. The Labute approximate surface area is 181 Å². The van der Waals surface area contributed by atoms with Crippen molar-refractivity contribution in [1.29, 1.82) is 0 Å². The molecule has 2 aromatic carbocycles. The van der Waals surface area contributed by atoms with Crippen molar-refractivity contribution in [3.8, 4) is 11.5 Å². The molecule has 0 fully saturated rings. The van der Waals surface area contributed by atoms with Gasteiger partial charge >= 0.3 is 0 Å². The Morgan fingerprint density at radius 1 is 0.929 bits per heavy atom. The molecule has 0 saturated carbocycles. The van der Waals surface area contributed by atoms with Gasteiger partial charge in [0.2, 0.25) is 0 Å². The van der Waals surface area contributed by atoms with E-state index >= 15 is 0 Å². The number of benzene rings is 2. The summed E-state index contributed by atoms with van der Waals surface area (Å²) < 4.78 is 11.5. The van der Waals surface area contributed by atoms with Crippen LogP contribution >= 0.6 is 24.0 Å². The van der Waals surface area contributed by atoms with Crippen LogP contribution in [0.15, 0.2) is 42.5 Å². The highest BCUT2D eigenvalue weighted by atomic mass is 35.5. The fourth-order valence-corrected chi connectivity index (χ4v) is 3.67. The van der Waals surface area contributed by atoms with E-state index in [-0.39, 0.29) is 23.4 Å². The zero-order chi connectivity index (χ0) is 20.1. The molecule has 0 radical (unpaired) electrons. The molecule has 0 aromatic heterocycles.